The summed E-state index contributed by atoms with van der Waals surface area (Å²) in [5, 5.41) is 6.12. The Morgan fingerprint density at radius 3 is 2.67 bits per heavy atom. The molecule has 0 saturated carbocycles. The number of amides is 2. The molecule has 6 heterocycles. The minimum Gasteiger partial charge on any atom is -0.453 e. The van der Waals surface area contributed by atoms with Crippen molar-refractivity contribution in [3.63, 3.8) is 0 Å². The van der Waals surface area contributed by atoms with Crippen molar-refractivity contribution in [3.05, 3.63) is 60.3 Å². The number of nitrogens with one attached hydrogen (secondary N) is 4. The Kier molecular flexibility index (Phi) is 7.28. The largest absolute Gasteiger partial charge is 0.453 e. The molecule has 43 heavy (non-hydrogen) atoms. The topological polar surface area (TPSA) is 128 Å². The van der Waals surface area contributed by atoms with E-state index in [-0.39, 0.29) is 23.9 Å². The maximum absolute atomic E-state index is 13.5. The van der Waals surface area contributed by atoms with Crippen LogP contribution in [0.2, 0.25) is 0 Å². The minimum atomic E-state index is -0.654. The number of nitrogens with zero attached hydrogens (tertiary/aromatic N) is 3. The van der Waals surface area contributed by atoms with Gasteiger partial charge in [-0.3, -0.25) is 4.79 Å². The highest BCUT2D eigenvalue weighted by Crippen LogP contribution is 2.42. The van der Waals surface area contributed by atoms with Gasteiger partial charge in [0.15, 0.2) is 0 Å². The Bertz CT molecular complexity index is 1820. The number of hydrogen-bond donors (Lipinski definition) is 4. The molecule has 5 aromatic rings. The molecule has 2 amide bonds. The van der Waals surface area contributed by atoms with Crippen LogP contribution in [0.5, 0.6) is 0 Å². The summed E-state index contributed by atoms with van der Waals surface area (Å²) in [6.07, 6.45) is 7.22. The Morgan fingerprint density at radius 1 is 1.09 bits per heavy atom. The van der Waals surface area contributed by atoms with Gasteiger partial charge in [0.05, 0.1) is 47.0 Å². The number of fused-ring (bicyclic) bond motifs is 2. The second-order valence-corrected chi connectivity index (χ2v) is 13.5. The Labute approximate surface area is 256 Å². The number of aromatic nitrogens is 4. The summed E-state index contributed by atoms with van der Waals surface area (Å²) in [5.74, 6) is 1.53. The third kappa shape index (κ3) is 5.23. The smallest absolute Gasteiger partial charge is 0.407 e. The molecule has 10 nitrogen and oxygen atoms in total. The molecule has 3 atom stereocenters. The summed E-state index contributed by atoms with van der Waals surface area (Å²) in [7, 11) is 1.30. The van der Waals surface area contributed by atoms with Crippen LogP contribution in [0, 0.1) is 5.92 Å². The number of carbonyl (C=O) groups excluding carboxylic acids is 2. The van der Waals surface area contributed by atoms with Gasteiger partial charge in [0.2, 0.25) is 5.91 Å². The lowest BCUT2D eigenvalue weighted by Gasteiger charge is -2.30. The van der Waals surface area contributed by atoms with Crippen LogP contribution in [-0.4, -0.2) is 63.1 Å². The minimum absolute atomic E-state index is 0.0746. The van der Waals surface area contributed by atoms with E-state index in [4.69, 9.17) is 14.7 Å². The van der Waals surface area contributed by atoms with Gasteiger partial charge in [-0.05, 0) is 48.6 Å². The zero-order valence-corrected chi connectivity index (χ0v) is 25.8. The molecule has 7 rings (SSSR count). The highest BCUT2D eigenvalue weighted by molar-refractivity contribution is 7.31. The van der Waals surface area contributed by atoms with Crippen molar-refractivity contribution in [2.75, 3.05) is 20.2 Å². The summed E-state index contributed by atoms with van der Waals surface area (Å²) < 4.78 is 7.20. The molecule has 0 bridgehead atoms. The second kappa shape index (κ2) is 11.3. The van der Waals surface area contributed by atoms with Crippen molar-refractivity contribution in [3.8, 4) is 21.0 Å². The zero-order chi connectivity index (χ0) is 29.7. The average molecular weight is 616 g/mol. The van der Waals surface area contributed by atoms with E-state index in [9.17, 15) is 9.59 Å². The molecule has 222 valence electrons. The molecule has 1 saturated heterocycles. The maximum atomic E-state index is 13.5. The summed E-state index contributed by atoms with van der Waals surface area (Å²) in [5.41, 5.74) is 4.12. The number of imidazole rings is 2. The molecule has 0 spiro atoms. The van der Waals surface area contributed by atoms with E-state index in [1.807, 2.05) is 24.9 Å². The van der Waals surface area contributed by atoms with Gasteiger partial charge >= 0.3 is 6.09 Å². The number of alkyl carbamates (subject to hydrolysis) is 1. The molecule has 3 unspecified atom stereocenters. The Morgan fingerprint density at radius 2 is 1.91 bits per heavy atom. The van der Waals surface area contributed by atoms with Gasteiger partial charge in [-0.15, -0.1) is 22.7 Å². The normalized spacial score (nSPS) is 19.2. The van der Waals surface area contributed by atoms with E-state index >= 15 is 0 Å². The van der Waals surface area contributed by atoms with Gasteiger partial charge < -0.3 is 30.2 Å². The van der Waals surface area contributed by atoms with E-state index in [2.05, 4.69) is 63.1 Å². The molecular weight excluding hydrogens is 583 g/mol. The molecule has 1 fully saturated rings. The molecular formula is C31H33N7O3S2. The highest BCUT2D eigenvalue weighted by Gasteiger charge is 2.37. The lowest BCUT2D eigenvalue weighted by molar-refractivity contribution is -0.135. The number of methoxy groups -OCH3 is 1. The first-order chi connectivity index (χ1) is 20.9. The maximum Gasteiger partial charge on any atom is 0.407 e. The van der Waals surface area contributed by atoms with Crippen LogP contribution in [0.25, 0.3) is 41.4 Å². The van der Waals surface area contributed by atoms with Gasteiger partial charge in [0.25, 0.3) is 0 Å². The summed E-state index contributed by atoms with van der Waals surface area (Å²) >= 11 is 3.51. The fraction of sp³-hybridized carbons (Fsp3) is 0.355. The van der Waals surface area contributed by atoms with Crippen LogP contribution >= 0.6 is 22.7 Å². The first-order valence-electron chi connectivity index (χ1n) is 14.5. The quantitative estimate of drug-likeness (QED) is 0.163. The molecule has 2 aliphatic rings. The third-order valence-corrected chi connectivity index (χ3v) is 10.6. The predicted octanol–water partition coefficient (Wildman–Crippen LogP) is 6.14. The van der Waals surface area contributed by atoms with Crippen LogP contribution in [-0.2, 0) is 9.53 Å². The van der Waals surface area contributed by atoms with Crippen molar-refractivity contribution >= 4 is 55.1 Å². The first kappa shape index (κ1) is 27.8. The molecule has 2 aliphatic heterocycles. The van der Waals surface area contributed by atoms with Gasteiger partial charge in [-0.25, -0.2) is 14.8 Å². The van der Waals surface area contributed by atoms with Crippen molar-refractivity contribution in [2.24, 2.45) is 5.92 Å². The summed E-state index contributed by atoms with van der Waals surface area (Å²) in [6.45, 7) is 5.33. The summed E-state index contributed by atoms with van der Waals surface area (Å²) in [4.78, 5) is 46.0. The number of benzene rings is 1. The fourth-order valence-electron chi connectivity index (χ4n) is 5.92. The molecule has 1 aromatic carbocycles. The highest BCUT2D eigenvalue weighted by atomic mass is 32.1. The van der Waals surface area contributed by atoms with Crippen molar-refractivity contribution in [1.82, 2.24) is 35.5 Å². The molecule has 4 N–H and O–H groups in total. The summed E-state index contributed by atoms with van der Waals surface area (Å²) in [6, 6.07) is 10.2. The zero-order valence-electron chi connectivity index (χ0n) is 24.1. The molecule has 4 aromatic heterocycles. The Balaban J connectivity index is 1.09. The van der Waals surface area contributed by atoms with Crippen LogP contribution in [0.4, 0.5) is 4.79 Å². The lowest BCUT2D eigenvalue weighted by Crippen LogP contribution is -2.51. The van der Waals surface area contributed by atoms with E-state index < -0.39 is 12.1 Å². The van der Waals surface area contributed by atoms with E-state index in [0.29, 0.717) is 6.54 Å². The second-order valence-electron chi connectivity index (χ2n) is 11.3. The third-order valence-electron chi connectivity index (χ3n) is 8.17. The van der Waals surface area contributed by atoms with E-state index in [1.54, 1.807) is 22.7 Å². The van der Waals surface area contributed by atoms with Crippen LogP contribution in [0.3, 0.4) is 0 Å². The van der Waals surface area contributed by atoms with E-state index in [1.165, 1.54) is 27.0 Å². The van der Waals surface area contributed by atoms with Gasteiger partial charge in [0, 0.05) is 27.4 Å². The molecule has 12 heteroatoms. The SMILES string of the molecule is COC(=O)NC(C(=O)N1CCCC1c1ncc(-c2cc3sc(-c4ccc5nc(C6C=CCN6)[nH]c5c4)cc3s2)[nH]1)C(C)C. The van der Waals surface area contributed by atoms with Crippen LogP contribution in [0.15, 0.2) is 48.7 Å². The number of ether oxygens (including phenoxy) is 1. The number of hydrogen-bond acceptors (Lipinski definition) is 8. The Hall–Kier alpha value is -4.00. The van der Waals surface area contributed by atoms with Gasteiger partial charge in [0.1, 0.15) is 17.7 Å². The molecule has 0 aliphatic carbocycles. The number of thiophene rings is 2. The van der Waals surface area contributed by atoms with Crippen molar-refractivity contribution < 1.29 is 14.3 Å². The van der Waals surface area contributed by atoms with Crippen molar-refractivity contribution in [1.29, 1.82) is 0 Å². The van der Waals surface area contributed by atoms with Crippen LogP contribution in [0.1, 0.15) is 50.4 Å². The predicted molar refractivity (Wildman–Crippen MR) is 170 cm³/mol. The fourth-order valence-corrected chi connectivity index (χ4v) is 8.28. The van der Waals surface area contributed by atoms with E-state index in [0.717, 1.165) is 52.6 Å². The first-order valence-corrected chi connectivity index (χ1v) is 16.1. The van der Waals surface area contributed by atoms with Gasteiger partial charge in [-0.1, -0.05) is 32.1 Å². The standard InChI is InChI=1S/C31H33N7O3S2/c1-16(2)27(37-31(40)41-3)30(39)38-11-5-7-22(38)29-33-15-21(36-29)24-14-26-25(43-24)13-23(42-26)17-8-9-18-20(12-17)35-28(34-18)19-6-4-10-32-19/h4,6,8-9,12-16,19,22,27,32H,5,7,10-11H2,1-3H3,(H,33,36)(H,34,35)(H,37,40). The monoisotopic (exact) mass is 615 g/mol. The van der Waals surface area contributed by atoms with Gasteiger partial charge in [-0.2, -0.15) is 0 Å². The number of H-pyrrole nitrogens is 2. The number of likely N-dealkylation sites (tertiary alicyclic amines) is 1. The number of rotatable bonds is 7. The van der Waals surface area contributed by atoms with Crippen LogP contribution < -0.4 is 10.6 Å². The average Bonchev–Trinajstić information content (AvgIpc) is 3.83. The number of carbonyl (C=O) groups is 2. The number of aromatic amines is 2. The molecule has 0 radical (unpaired) electrons. The lowest BCUT2D eigenvalue weighted by atomic mass is 10.0. The van der Waals surface area contributed by atoms with Crippen molar-refractivity contribution in [2.45, 2.75) is 44.8 Å².